The van der Waals surface area contributed by atoms with E-state index in [2.05, 4.69) is 5.32 Å². The van der Waals surface area contributed by atoms with Crippen molar-refractivity contribution in [1.29, 1.82) is 0 Å². The van der Waals surface area contributed by atoms with Gasteiger partial charge in [0.1, 0.15) is 6.54 Å². The molecule has 0 atom stereocenters. The summed E-state index contributed by atoms with van der Waals surface area (Å²) in [4.78, 5) is 37.0. The molecule has 1 N–H and O–H groups in total. The van der Waals surface area contributed by atoms with Crippen molar-refractivity contribution >= 4 is 46.6 Å². The molecule has 0 bridgehead atoms. The maximum absolute atomic E-state index is 12.3. The van der Waals surface area contributed by atoms with Crippen molar-refractivity contribution in [3.63, 3.8) is 0 Å². The molecular weight excluding hydrogens is 328 g/mol. The highest BCUT2D eigenvalue weighted by molar-refractivity contribution is 7.08. The lowest BCUT2D eigenvalue weighted by Gasteiger charge is -2.28. The number of para-hydroxylation sites is 2. The maximum atomic E-state index is 12.3. The summed E-state index contributed by atoms with van der Waals surface area (Å²) in [6.45, 7) is -0.521. The molecule has 1 aliphatic heterocycles. The first-order chi connectivity index (χ1) is 11.6. The normalized spacial score (nSPS) is 13.5. The lowest BCUT2D eigenvalue weighted by Crippen LogP contribution is -2.43. The van der Waals surface area contributed by atoms with Gasteiger partial charge in [0.05, 0.1) is 11.4 Å². The number of amides is 2. The summed E-state index contributed by atoms with van der Waals surface area (Å²) < 4.78 is 4.96. The van der Waals surface area contributed by atoms with Gasteiger partial charge in [-0.1, -0.05) is 12.1 Å². The van der Waals surface area contributed by atoms with E-state index in [9.17, 15) is 14.4 Å². The number of hydrogen-bond acceptors (Lipinski definition) is 5. The Bertz CT molecular complexity index is 799. The van der Waals surface area contributed by atoms with Crippen LogP contribution in [0, 0.1) is 0 Å². The van der Waals surface area contributed by atoms with Gasteiger partial charge in [-0.25, -0.2) is 4.79 Å². The fourth-order valence-electron chi connectivity index (χ4n) is 2.25. The fraction of sp³-hybridized carbons (Fsp3) is 0.118. The molecule has 0 fully saturated rings. The van der Waals surface area contributed by atoms with Crippen LogP contribution in [0.15, 0.2) is 47.2 Å². The molecular formula is C17H14N2O4S. The smallest absolute Gasteiger partial charge is 0.331 e. The van der Waals surface area contributed by atoms with Crippen molar-refractivity contribution in [1.82, 2.24) is 0 Å². The second kappa shape index (κ2) is 7.10. The molecule has 0 aliphatic carbocycles. The van der Waals surface area contributed by atoms with E-state index in [0.29, 0.717) is 11.4 Å². The standard InChI is InChI=1S/C17H14N2O4S/c20-15-9-19(14-4-2-1-3-13(14)18-15)16(21)10-23-17(22)6-5-12-7-8-24-11-12/h1-8,11H,9-10H2,(H,18,20)/b6-5+. The third kappa shape index (κ3) is 3.69. The zero-order valence-electron chi connectivity index (χ0n) is 12.6. The van der Waals surface area contributed by atoms with Crippen LogP contribution < -0.4 is 10.2 Å². The van der Waals surface area contributed by atoms with E-state index in [-0.39, 0.29) is 12.5 Å². The molecule has 2 aromatic rings. The lowest BCUT2D eigenvalue weighted by molar-refractivity contribution is -0.143. The molecule has 7 heteroatoms. The van der Waals surface area contributed by atoms with E-state index < -0.39 is 18.5 Å². The molecule has 122 valence electrons. The Labute approximate surface area is 142 Å². The van der Waals surface area contributed by atoms with Gasteiger partial charge in [-0.15, -0.1) is 0 Å². The van der Waals surface area contributed by atoms with Gasteiger partial charge in [-0.05, 0) is 40.6 Å². The maximum Gasteiger partial charge on any atom is 0.331 e. The van der Waals surface area contributed by atoms with Crippen molar-refractivity contribution in [2.24, 2.45) is 0 Å². The first-order valence-corrected chi connectivity index (χ1v) is 8.14. The number of rotatable bonds is 4. The molecule has 3 rings (SSSR count). The van der Waals surface area contributed by atoms with Crippen molar-refractivity contribution in [3.8, 4) is 0 Å². The third-order valence-electron chi connectivity index (χ3n) is 3.36. The Hall–Kier alpha value is -2.93. The molecule has 2 amide bonds. The number of hydrogen-bond donors (Lipinski definition) is 1. The molecule has 1 aromatic heterocycles. The van der Waals surface area contributed by atoms with Crippen LogP contribution in [0.25, 0.3) is 6.08 Å². The lowest BCUT2D eigenvalue weighted by atomic mass is 10.2. The van der Waals surface area contributed by atoms with Crippen LogP contribution in [0.2, 0.25) is 0 Å². The van der Waals surface area contributed by atoms with Gasteiger partial charge >= 0.3 is 5.97 Å². The highest BCUT2D eigenvalue weighted by atomic mass is 32.1. The van der Waals surface area contributed by atoms with Gasteiger partial charge in [0.15, 0.2) is 6.61 Å². The van der Waals surface area contributed by atoms with Crippen LogP contribution in [0.5, 0.6) is 0 Å². The average Bonchev–Trinajstić information content (AvgIpc) is 3.10. The Kier molecular flexibility index (Phi) is 4.72. The van der Waals surface area contributed by atoms with Crippen LogP contribution in [0.1, 0.15) is 5.56 Å². The van der Waals surface area contributed by atoms with Crippen LogP contribution in [0.3, 0.4) is 0 Å². The minimum atomic E-state index is -0.607. The summed E-state index contributed by atoms with van der Waals surface area (Å²) in [5.41, 5.74) is 2.04. The van der Waals surface area contributed by atoms with Crippen LogP contribution in [0.4, 0.5) is 11.4 Å². The summed E-state index contributed by atoms with van der Waals surface area (Å²) in [5.74, 6) is -1.34. The van der Waals surface area contributed by atoms with Crippen molar-refractivity contribution in [3.05, 3.63) is 52.7 Å². The number of carbonyl (C=O) groups is 3. The van der Waals surface area contributed by atoms with E-state index >= 15 is 0 Å². The summed E-state index contributed by atoms with van der Waals surface area (Å²) >= 11 is 1.52. The van der Waals surface area contributed by atoms with Gasteiger partial charge in [-0.2, -0.15) is 11.3 Å². The minimum Gasteiger partial charge on any atom is -0.452 e. The van der Waals surface area contributed by atoms with Crippen LogP contribution in [-0.4, -0.2) is 30.9 Å². The van der Waals surface area contributed by atoms with Gasteiger partial charge in [0, 0.05) is 6.08 Å². The van der Waals surface area contributed by atoms with E-state index in [4.69, 9.17) is 4.74 Å². The number of nitrogens with one attached hydrogen (secondary N) is 1. The molecule has 2 heterocycles. The Morgan fingerprint density at radius 1 is 1.29 bits per heavy atom. The predicted molar refractivity (Wildman–Crippen MR) is 91.7 cm³/mol. The van der Waals surface area contributed by atoms with Crippen molar-refractivity contribution in [2.75, 3.05) is 23.4 Å². The minimum absolute atomic E-state index is 0.0991. The third-order valence-corrected chi connectivity index (χ3v) is 4.07. The summed E-state index contributed by atoms with van der Waals surface area (Å²) in [5, 5.41) is 6.48. The van der Waals surface area contributed by atoms with Gasteiger partial charge in [0.2, 0.25) is 5.91 Å². The zero-order chi connectivity index (χ0) is 16.9. The first-order valence-electron chi connectivity index (χ1n) is 7.20. The number of esters is 1. The summed E-state index contributed by atoms with van der Waals surface area (Å²) in [7, 11) is 0. The molecule has 6 nitrogen and oxygen atoms in total. The Morgan fingerprint density at radius 3 is 2.92 bits per heavy atom. The second-order valence-electron chi connectivity index (χ2n) is 5.04. The fourth-order valence-corrected chi connectivity index (χ4v) is 2.88. The van der Waals surface area contributed by atoms with Crippen LogP contribution >= 0.6 is 11.3 Å². The van der Waals surface area contributed by atoms with E-state index in [1.54, 1.807) is 30.3 Å². The number of nitrogens with zero attached hydrogens (tertiary/aromatic N) is 1. The first kappa shape index (κ1) is 15.9. The summed E-state index contributed by atoms with van der Waals surface area (Å²) in [6.07, 6.45) is 2.89. The molecule has 0 unspecified atom stereocenters. The number of anilines is 2. The number of fused-ring (bicyclic) bond motifs is 1. The van der Waals surface area contributed by atoms with Crippen molar-refractivity contribution < 1.29 is 19.1 Å². The zero-order valence-corrected chi connectivity index (χ0v) is 13.4. The monoisotopic (exact) mass is 342 g/mol. The second-order valence-corrected chi connectivity index (χ2v) is 5.82. The Morgan fingerprint density at radius 2 is 2.12 bits per heavy atom. The molecule has 1 aromatic carbocycles. The number of thiophene rings is 1. The van der Waals surface area contributed by atoms with E-state index in [1.807, 2.05) is 16.8 Å². The van der Waals surface area contributed by atoms with Gasteiger partial charge < -0.3 is 10.1 Å². The van der Waals surface area contributed by atoms with E-state index in [0.717, 1.165) is 5.56 Å². The molecule has 0 saturated carbocycles. The number of ether oxygens (including phenoxy) is 1. The molecule has 0 spiro atoms. The molecule has 0 radical (unpaired) electrons. The average molecular weight is 342 g/mol. The molecule has 0 saturated heterocycles. The van der Waals surface area contributed by atoms with Crippen molar-refractivity contribution in [2.45, 2.75) is 0 Å². The number of benzene rings is 1. The Balaban J connectivity index is 1.61. The highest BCUT2D eigenvalue weighted by Gasteiger charge is 2.26. The SMILES string of the molecule is O=C1CN(C(=O)COC(=O)/C=C/c2ccsc2)c2ccccc2N1. The number of carbonyl (C=O) groups excluding carboxylic acids is 3. The predicted octanol–water partition coefficient (Wildman–Crippen LogP) is 2.29. The van der Waals surface area contributed by atoms with Gasteiger partial charge in [0.25, 0.3) is 5.91 Å². The quantitative estimate of drug-likeness (QED) is 0.683. The molecule has 24 heavy (non-hydrogen) atoms. The highest BCUT2D eigenvalue weighted by Crippen LogP contribution is 2.28. The topological polar surface area (TPSA) is 75.7 Å². The molecule has 1 aliphatic rings. The largest absolute Gasteiger partial charge is 0.452 e. The van der Waals surface area contributed by atoms with Gasteiger partial charge in [-0.3, -0.25) is 14.5 Å². The van der Waals surface area contributed by atoms with Crippen LogP contribution in [-0.2, 0) is 19.1 Å². The summed E-state index contributed by atoms with van der Waals surface area (Å²) in [6, 6.07) is 8.84. The van der Waals surface area contributed by atoms with E-state index in [1.165, 1.54) is 22.3 Å².